The topological polar surface area (TPSA) is 75.4 Å². The van der Waals surface area contributed by atoms with Crippen molar-refractivity contribution in [2.75, 3.05) is 18.4 Å². The van der Waals surface area contributed by atoms with E-state index in [1.165, 1.54) is 0 Å². The zero-order valence-corrected chi connectivity index (χ0v) is 9.98. The third kappa shape index (κ3) is 1.86. The van der Waals surface area contributed by atoms with Gasteiger partial charge in [0, 0.05) is 36.8 Å². The highest BCUT2D eigenvalue weighted by Crippen LogP contribution is 2.24. The Balaban J connectivity index is 1.82. The van der Waals surface area contributed by atoms with Crippen molar-refractivity contribution in [3.63, 3.8) is 0 Å². The molecule has 1 aromatic carbocycles. The number of likely N-dealkylation sites (tertiary alicyclic amines) is 1. The van der Waals surface area contributed by atoms with Crippen molar-refractivity contribution < 1.29 is 9.59 Å². The highest BCUT2D eigenvalue weighted by molar-refractivity contribution is 5.98. The average Bonchev–Trinajstić information content (AvgIpc) is 2.33. The highest BCUT2D eigenvalue weighted by atomic mass is 16.2. The summed E-state index contributed by atoms with van der Waals surface area (Å²) >= 11 is 0. The summed E-state index contributed by atoms with van der Waals surface area (Å²) < 4.78 is 0. The number of fused-ring (bicyclic) bond motifs is 1. The molecule has 3 N–H and O–H groups in total. The quantitative estimate of drug-likeness (QED) is 0.750. The van der Waals surface area contributed by atoms with Crippen molar-refractivity contribution in [2.24, 2.45) is 5.73 Å². The molecule has 0 radical (unpaired) electrons. The maximum atomic E-state index is 12.1. The van der Waals surface area contributed by atoms with Crippen LogP contribution in [0.3, 0.4) is 0 Å². The smallest absolute Gasteiger partial charge is 0.253 e. The summed E-state index contributed by atoms with van der Waals surface area (Å²) in [5, 5.41) is 2.81. The van der Waals surface area contributed by atoms with Crippen LogP contribution in [-0.4, -0.2) is 35.8 Å². The van der Waals surface area contributed by atoms with Crippen LogP contribution in [0.1, 0.15) is 22.3 Å². The molecular weight excluding hydrogens is 230 g/mol. The third-order valence-electron chi connectivity index (χ3n) is 3.44. The number of benzene rings is 1. The Morgan fingerprint density at radius 1 is 1.33 bits per heavy atom. The van der Waals surface area contributed by atoms with Gasteiger partial charge in [0.2, 0.25) is 5.91 Å². The molecule has 94 valence electrons. The van der Waals surface area contributed by atoms with Crippen LogP contribution in [0.15, 0.2) is 18.2 Å². The zero-order chi connectivity index (χ0) is 12.7. The largest absolute Gasteiger partial charge is 0.335 e. The van der Waals surface area contributed by atoms with Gasteiger partial charge in [0.05, 0.1) is 0 Å². The molecule has 0 spiro atoms. The molecule has 1 saturated heterocycles. The molecule has 3 rings (SSSR count). The number of aryl methyl sites for hydroxylation is 1. The lowest BCUT2D eigenvalue weighted by Gasteiger charge is -2.37. The second kappa shape index (κ2) is 4.10. The number of carbonyl (C=O) groups excluding carboxylic acids is 2. The van der Waals surface area contributed by atoms with Gasteiger partial charge in [0.1, 0.15) is 0 Å². The van der Waals surface area contributed by atoms with Gasteiger partial charge in [-0.1, -0.05) is 0 Å². The molecule has 5 heteroatoms. The van der Waals surface area contributed by atoms with Crippen molar-refractivity contribution in [2.45, 2.75) is 18.9 Å². The first kappa shape index (κ1) is 11.2. The summed E-state index contributed by atoms with van der Waals surface area (Å²) in [5.74, 6) is 0.0618. The monoisotopic (exact) mass is 245 g/mol. The minimum atomic E-state index is 0.0244. The average molecular weight is 245 g/mol. The van der Waals surface area contributed by atoms with Gasteiger partial charge < -0.3 is 16.0 Å². The summed E-state index contributed by atoms with van der Waals surface area (Å²) in [6.07, 6.45) is 1.18. The van der Waals surface area contributed by atoms with E-state index in [0.29, 0.717) is 31.5 Å². The maximum absolute atomic E-state index is 12.1. The molecule has 0 aromatic heterocycles. The fourth-order valence-electron chi connectivity index (χ4n) is 2.38. The minimum absolute atomic E-state index is 0.0244. The van der Waals surface area contributed by atoms with E-state index in [1.54, 1.807) is 17.0 Å². The fraction of sp³-hybridized carbons (Fsp3) is 0.385. The van der Waals surface area contributed by atoms with E-state index in [2.05, 4.69) is 5.32 Å². The van der Waals surface area contributed by atoms with Crippen LogP contribution in [0.5, 0.6) is 0 Å². The lowest BCUT2D eigenvalue weighted by molar-refractivity contribution is -0.116. The lowest BCUT2D eigenvalue weighted by atomic mass is 9.99. The van der Waals surface area contributed by atoms with E-state index in [0.717, 1.165) is 11.3 Å². The van der Waals surface area contributed by atoms with Crippen LogP contribution < -0.4 is 11.1 Å². The predicted octanol–water partition coefficient (Wildman–Crippen LogP) is 0.354. The molecule has 0 aliphatic carbocycles. The van der Waals surface area contributed by atoms with Gasteiger partial charge in [-0.15, -0.1) is 0 Å². The Kier molecular flexibility index (Phi) is 2.56. The van der Waals surface area contributed by atoms with Crippen LogP contribution in [0.2, 0.25) is 0 Å². The van der Waals surface area contributed by atoms with Crippen LogP contribution >= 0.6 is 0 Å². The lowest BCUT2D eigenvalue weighted by Crippen LogP contribution is -2.57. The first-order valence-electron chi connectivity index (χ1n) is 6.11. The van der Waals surface area contributed by atoms with Crippen molar-refractivity contribution in [3.8, 4) is 0 Å². The SMILES string of the molecule is NC1CN(C(=O)c2ccc3c(c2)CCC(=O)N3)C1. The van der Waals surface area contributed by atoms with E-state index in [-0.39, 0.29) is 17.9 Å². The molecule has 0 bridgehead atoms. The van der Waals surface area contributed by atoms with Crippen LogP contribution in [0.4, 0.5) is 5.69 Å². The zero-order valence-electron chi connectivity index (χ0n) is 9.98. The van der Waals surface area contributed by atoms with Gasteiger partial charge in [-0.25, -0.2) is 0 Å². The number of nitrogens with one attached hydrogen (secondary N) is 1. The van der Waals surface area contributed by atoms with Gasteiger partial charge in [-0.05, 0) is 30.2 Å². The number of hydrogen-bond acceptors (Lipinski definition) is 3. The van der Waals surface area contributed by atoms with Crippen molar-refractivity contribution in [1.29, 1.82) is 0 Å². The van der Waals surface area contributed by atoms with Gasteiger partial charge in [0.15, 0.2) is 0 Å². The molecule has 0 unspecified atom stereocenters. The normalized spacial score (nSPS) is 18.9. The molecule has 2 aliphatic rings. The molecule has 1 fully saturated rings. The Morgan fingerprint density at radius 2 is 2.11 bits per heavy atom. The second-order valence-electron chi connectivity index (χ2n) is 4.89. The summed E-state index contributed by atoms with van der Waals surface area (Å²) in [6.45, 7) is 1.26. The van der Waals surface area contributed by atoms with Crippen molar-refractivity contribution in [3.05, 3.63) is 29.3 Å². The Hall–Kier alpha value is -1.88. The van der Waals surface area contributed by atoms with Crippen LogP contribution in [0, 0.1) is 0 Å². The summed E-state index contributed by atoms with van der Waals surface area (Å²) in [7, 11) is 0. The van der Waals surface area contributed by atoms with E-state index in [9.17, 15) is 9.59 Å². The summed E-state index contributed by atoms with van der Waals surface area (Å²) in [6, 6.07) is 5.56. The van der Waals surface area contributed by atoms with Gasteiger partial charge in [0.25, 0.3) is 5.91 Å². The molecule has 18 heavy (non-hydrogen) atoms. The molecule has 5 nitrogen and oxygen atoms in total. The second-order valence-corrected chi connectivity index (χ2v) is 4.89. The Bertz CT molecular complexity index is 521. The standard InChI is InChI=1S/C13H15N3O2/c14-10-6-16(7-10)13(18)9-1-3-11-8(5-9)2-4-12(17)15-11/h1,3,5,10H,2,4,6-7,14H2,(H,15,17). The highest BCUT2D eigenvalue weighted by Gasteiger charge is 2.28. The Morgan fingerprint density at radius 3 is 2.83 bits per heavy atom. The van der Waals surface area contributed by atoms with Crippen molar-refractivity contribution in [1.82, 2.24) is 4.90 Å². The number of hydrogen-bond donors (Lipinski definition) is 2. The van der Waals surface area contributed by atoms with E-state index in [4.69, 9.17) is 5.73 Å². The number of rotatable bonds is 1. The number of nitrogens with zero attached hydrogens (tertiary/aromatic N) is 1. The molecule has 2 aliphatic heterocycles. The van der Waals surface area contributed by atoms with Crippen LogP contribution in [0.25, 0.3) is 0 Å². The summed E-state index contributed by atoms with van der Waals surface area (Å²) in [5.41, 5.74) is 8.20. The Labute approximate surface area is 105 Å². The van der Waals surface area contributed by atoms with Gasteiger partial charge >= 0.3 is 0 Å². The van der Waals surface area contributed by atoms with E-state index in [1.807, 2.05) is 6.07 Å². The first-order chi connectivity index (χ1) is 8.63. The van der Waals surface area contributed by atoms with E-state index < -0.39 is 0 Å². The molecule has 0 saturated carbocycles. The maximum Gasteiger partial charge on any atom is 0.253 e. The van der Waals surface area contributed by atoms with E-state index >= 15 is 0 Å². The summed E-state index contributed by atoms with van der Waals surface area (Å²) in [4.78, 5) is 25.1. The number of carbonyl (C=O) groups is 2. The molecule has 2 amide bonds. The number of amides is 2. The number of anilines is 1. The van der Waals surface area contributed by atoms with Crippen LogP contribution in [-0.2, 0) is 11.2 Å². The first-order valence-corrected chi connectivity index (χ1v) is 6.11. The van der Waals surface area contributed by atoms with Gasteiger partial charge in [-0.2, -0.15) is 0 Å². The fourth-order valence-corrected chi connectivity index (χ4v) is 2.38. The molecule has 2 heterocycles. The minimum Gasteiger partial charge on any atom is -0.335 e. The van der Waals surface area contributed by atoms with Crippen molar-refractivity contribution >= 4 is 17.5 Å². The molecule has 0 atom stereocenters. The number of nitrogens with two attached hydrogens (primary N) is 1. The molecule has 1 aromatic rings. The molecular formula is C13H15N3O2. The predicted molar refractivity (Wildman–Crippen MR) is 67.3 cm³/mol. The third-order valence-corrected chi connectivity index (χ3v) is 3.44. The van der Waals surface area contributed by atoms with Gasteiger partial charge in [-0.3, -0.25) is 9.59 Å².